The molecule has 1 aliphatic rings. The van der Waals surface area contributed by atoms with Gasteiger partial charge in [-0.1, -0.05) is 0 Å². The number of thiophene rings is 1. The highest BCUT2D eigenvalue weighted by Crippen LogP contribution is 2.27. The number of nitrogen functional groups attached to an aromatic ring is 1. The Balaban J connectivity index is 2.31. The van der Waals surface area contributed by atoms with Gasteiger partial charge in [-0.3, -0.25) is 0 Å². The van der Waals surface area contributed by atoms with E-state index in [1.807, 2.05) is 6.92 Å². The summed E-state index contributed by atoms with van der Waals surface area (Å²) < 4.78 is 31.5. The molecular weight excluding hydrogens is 248 g/mol. The highest BCUT2D eigenvalue weighted by molar-refractivity contribution is 7.91. The molecule has 1 aromatic heterocycles. The van der Waals surface area contributed by atoms with Crippen LogP contribution in [0.1, 0.15) is 6.92 Å². The Morgan fingerprint density at radius 1 is 1.62 bits per heavy atom. The molecule has 1 saturated heterocycles. The summed E-state index contributed by atoms with van der Waals surface area (Å²) in [6.45, 7) is 3.14. The molecule has 0 radical (unpaired) electrons. The first-order valence-corrected chi connectivity index (χ1v) is 7.27. The third-order valence-electron chi connectivity index (χ3n) is 2.47. The molecule has 0 aromatic carbocycles. The Hall–Kier alpha value is -0.630. The molecule has 2 heterocycles. The highest BCUT2D eigenvalue weighted by atomic mass is 32.2. The van der Waals surface area contributed by atoms with Crippen molar-refractivity contribution in [2.45, 2.75) is 17.2 Å². The van der Waals surface area contributed by atoms with Gasteiger partial charge in [0.25, 0.3) is 10.0 Å². The lowest BCUT2D eigenvalue weighted by atomic mass is 10.3. The second kappa shape index (κ2) is 4.33. The second-order valence-corrected chi connectivity index (χ2v) is 6.77. The van der Waals surface area contributed by atoms with Gasteiger partial charge < -0.3 is 10.5 Å². The van der Waals surface area contributed by atoms with Gasteiger partial charge in [-0.25, -0.2) is 8.42 Å². The molecule has 1 fully saturated rings. The number of rotatable bonds is 2. The quantitative estimate of drug-likeness (QED) is 0.853. The number of hydrogen-bond donors (Lipinski definition) is 1. The lowest BCUT2D eigenvalue weighted by Crippen LogP contribution is -2.46. The predicted molar refractivity (Wildman–Crippen MR) is 62.9 cm³/mol. The summed E-state index contributed by atoms with van der Waals surface area (Å²) in [6.07, 6.45) is 0. The summed E-state index contributed by atoms with van der Waals surface area (Å²) in [5.41, 5.74) is 6.03. The number of anilines is 1. The first kappa shape index (κ1) is 11.8. The van der Waals surface area contributed by atoms with Crippen LogP contribution >= 0.6 is 11.3 Å². The van der Waals surface area contributed by atoms with Crippen LogP contribution in [0.2, 0.25) is 0 Å². The summed E-state index contributed by atoms with van der Waals surface area (Å²) in [5.74, 6) is 0. The molecule has 1 unspecified atom stereocenters. The molecule has 2 N–H and O–H groups in total. The van der Waals surface area contributed by atoms with E-state index in [0.717, 1.165) is 11.3 Å². The molecule has 7 heteroatoms. The summed E-state index contributed by atoms with van der Waals surface area (Å²) in [5, 5.41) is 1.64. The van der Waals surface area contributed by atoms with Crippen molar-refractivity contribution in [1.82, 2.24) is 4.31 Å². The van der Waals surface area contributed by atoms with E-state index in [9.17, 15) is 8.42 Å². The molecule has 0 saturated carbocycles. The lowest BCUT2D eigenvalue weighted by molar-refractivity contribution is 0.0393. The van der Waals surface area contributed by atoms with Gasteiger partial charge in [-0.05, 0) is 13.0 Å². The largest absolute Gasteiger partial charge is 0.398 e. The van der Waals surface area contributed by atoms with E-state index in [-0.39, 0.29) is 6.04 Å². The fraction of sp³-hybridized carbons (Fsp3) is 0.556. The molecule has 0 spiro atoms. The number of morpholine rings is 1. The second-order valence-electron chi connectivity index (χ2n) is 3.74. The van der Waals surface area contributed by atoms with Crippen molar-refractivity contribution < 1.29 is 13.2 Å². The van der Waals surface area contributed by atoms with Crippen molar-refractivity contribution in [1.29, 1.82) is 0 Å². The van der Waals surface area contributed by atoms with Crippen LogP contribution in [0, 0.1) is 0 Å². The van der Waals surface area contributed by atoms with Gasteiger partial charge in [0.1, 0.15) is 4.21 Å². The van der Waals surface area contributed by atoms with Crippen molar-refractivity contribution in [3.05, 3.63) is 11.4 Å². The Bertz CT molecular complexity index is 469. The van der Waals surface area contributed by atoms with Crippen molar-refractivity contribution >= 4 is 27.0 Å². The van der Waals surface area contributed by atoms with Crippen molar-refractivity contribution in [3.63, 3.8) is 0 Å². The van der Waals surface area contributed by atoms with E-state index in [1.54, 1.807) is 5.38 Å². The van der Waals surface area contributed by atoms with E-state index >= 15 is 0 Å². The molecule has 1 aliphatic heterocycles. The molecule has 0 bridgehead atoms. The highest BCUT2D eigenvalue weighted by Gasteiger charge is 2.32. The standard InChI is InChI=1S/C9H14N2O3S2/c1-7-5-14-3-2-11(7)16(12,13)9-4-8(10)6-15-9/h4,6-7H,2-3,5,10H2,1H3. The van der Waals surface area contributed by atoms with Crippen LogP contribution in [-0.4, -0.2) is 38.5 Å². The maximum atomic E-state index is 12.2. The first-order chi connectivity index (χ1) is 7.51. The van der Waals surface area contributed by atoms with Gasteiger partial charge in [0.15, 0.2) is 0 Å². The minimum Gasteiger partial charge on any atom is -0.398 e. The van der Waals surface area contributed by atoms with E-state index in [1.165, 1.54) is 10.4 Å². The van der Waals surface area contributed by atoms with E-state index in [0.29, 0.717) is 29.7 Å². The van der Waals surface area contributed by atoms with Crippen LogP contribution < -0.4 is 5.73 Å². The lowest BCUT2D eigenvalue weighted by Gasteiger charge is -2.31. The van der Waals surface area contributed by atoms with Gasteiger partial charge in [0, 0.05) is 23.7 Å². The summed E-state index contributed by atoms with van der Waals surface area (Å²) in [6, 6.07) is 1.38. The smallest absolute Gasteiger partial charge is 0.253 e. The first-order valence-electron chi connectivity index (χ1n) is 4.95. The van der Waals surface area contributed by atoms with Gasteiger partial charge in [-0.15, -0.1) is 11.3 Å². The van der Waals surface area contributed by atoms with Crippen LogP contribution in [-0.2, 0) is 14.8 Å². The number of nitrogens with two attached hydrogens (primary N) is 1. The average Bonchev–Trinajstić information content (AvgIpc) is 2.66. The minimum atomic E-state index is -3.40. The maximum absolute atomic E-state index is 12.2. The number of sulfonamides is 1. The molecule has 0 amide bonds. The molecule has 1 aromatic rings. The van der Waals surface area contributed by atoms with Crippen LogP contribution in [0.4, 0.5) is 5.69 Å². The zero-order chi connectivity index (χ0) is 11.8. The maximum Gasteiger partial charge on any atom is 0.253 e. The van der Waals surface area contributed by atoms with E-state index in [4.69, 9.17) is 10.5 Å². The molecule has 0 aliphatic carbocycles. The summed E-state index contributed by atoms with van der Waals surface area (Å²) in [4.78, 5) is 0. The summed E-state index contributed by atoms with van der Waals surface area (Å²) in [7, 11) is -3.40. The van der Waals surface area contributed by atoms with Crippen molar-refractivity contribution in [3.8, 4) is 0 Å². The monoisotopic (exact) mass is 262 g/mol. The third-order valence-corrected chi connectivity index (χ3v) is 5.91. The fourth-order valence-corrected chi connectivity index (χ4v) is 4.46. The van der Waals surface area contributed by atoms with Crippen LogP contribution in [0.25, 0.3) is 0 Å². The Kier molecular flexibility index (Phi) is 3.20. The van der Waals surface area contributed by atoms with Gasteiger partial charge in [0.05, 0.1) is 13.2 Å². The van der Waals surface area contributed by atoms with E-state index < -0.39 is 10.0 Å². The Morgan fingerprint density at radius 2 is 2.38 bits per heavy atom. The molecule has 90 valence electrons. The molecular formula is C9H14N2O3S2. The minimum absolute atomic E-state index is 0.123. The normalized spacial score (nSPS) is 23.4. The molecule has 5 nitrogen and oxygen atoms in total. The Labute approximate surface area is 98.9 Å². The van der Waals surface area contributed by atoms with Gasteiger partial charge in [0.2, 0.25) is 0 Å². The van der Waals surface area contributed by atoms with Crippen LogP contribution in [0.3, 0.4) is 0 Å². The van der Waals surface area contributed by atoms with E-state index in [2.05, 4.69) is 0 Å². The van der Waals surface area contributed by atoms with Gasteiger partial charge in [-0.2, -0.15) is 4.31 Å². The fourth-order valence-electron chi connectivity index (χ4n) is 1.65. The predicted octanol–water partition coefficient (Wildman–Crippen LogP) is 0.740. The molecule has 1 atom stereocenters. The molecule has 2 rings (SSSR count). The van der Waals surface area contributed by atoms with Crippen molar-refractivity contribution in [2.24, 2.45) is 0 Å². The molecule has 16 heavy (non-hydrogen) atoms. The summed E-state index contributed by atoms with van der Waals surface area (Å²) >= 11 is 1.16. The zero-order valence-corrected chi connectivity index (χ0v) is 10.6. The SMILES string of the molecule is CC1COCCN1S(=O)(=O)c1cc(N)cs1. The van der Waals surface area contributed by atoms with Crippen molar-refractivity contribution in [2.75, 3.05) is 25.5 Å². The third kappa shape index (κ3) is 2.08. The zero-order valence-electron chi connectivity index (χ0n) is 8.92. The number of nitrogens with zero attached hydrogens (tertiary/aromatic N) is 1. The van der Waals surface area contributed by atoms with Crippen LogP contribution in [0.5, 0.6) is 0 Å². The average molecular weight is 262 g/mol. The topological polar surface area (TPSA) is 72.6 Å². The Morgan fingerprint density at radius 3 is 2.94 bits per heavy atom. The van der Waals surface area contributed by atoms with Crippen LogP contribution in [0.15, 0.2) is 15.7 Å². The number of hydrogen-bond acceptors (Lipinski definition) is 5. The van der Waals surface area contributed by atoms with Gasteiger partial charge >= 0.3 is 0 Å². The number of ether oxygens (including phenoxy) is 1.